The molecule has 2 fully saturated rings. The van der Waals surface area contributed by atoms with Gasteiger partial charge in [0.2, 0.25) is 11.8 Å². The van der Waals surface area contributed by atoms with E-state index in [1.807, 2.05) is 36.1 Å². The highest BCUT2D eigenvalue weighted by atomic mass is 16.2. The molecule has 0 bridgehead atoms. The topological polar surface area (TPSA) is 90.5 Å². The van der Waals surface area contributed by atoms with Gasteiger partial charge in [-0.2, -0.15) is 0 Å². The average Bonchev–Trinajstić information content (AvgIpc) is 2.74. The number of aryl methyl sites for hydroxylation is 1. The van der Waals surface area contributed by atoms with Crippen molar-refractivity contribution in [3.63, 3.8) is 0 Å². The number of amides is 4. The molecule has 7 nitrogen and oxygen atoms in total. The molecule has 7 heteroatoms. The third kappa shape index (κ3) is 7.26. The van der Waals surface area contributed by atoms with E-state index in [0.717, 1.165) is 36.8 Å². The lowest BCUT2D eigenvalue weighted by Crippen LogP contribution is -2.51. The highest BCUT2D eigenvalue weighted by Gasteiger charge is 2.27. The molecule has 1 aliphatic carbocycles. The van der Waals surface area contributed by atoms with Gasteiger partial charge in [-0.1, -0.05) is 49.1 Å². The molecule has 1 saturated carbocycles. The van der Waals surface area contributed by atoms with Crippen molar-refractivity contribution in [1.29, 1.82) is 0 Å². The lowest BCUT2D eigenvalue weighted by Gasteiger charge is -2.34. The van der Waals surface area contributed by atoms with Crippen LogP contribution < -0.4 is 16.0 Å². The van der Waals surface area contributed by atoms with Crippen molar-refractivity contribution < 1.29 is 14.4 Å². The van der Waals surface area contributed by atoms with Crippen molar-refractivity contribution in [1.82, 2.24) is 20.9 Å². The first kappa shape index (κ1) is 23.1. The molecule has 31 heavy (non-hydrogen) atoms. The summed E-state index contributed by atoms with van der Waals surface area (Å²) in [5, 5.41) is 9.08. The first-order valence-electron chi connectivity index (χ1n) is 11.6. The van der Waals surface area contributed by atoms with E-state index >= 15 is 0 Å². The van der Waals surface area contributed by atoms with Gasteiger partial charge in [0.05, 0.1) is 12.5 Å². The Morgan fingerprint density at radius 3 is 2.10 bits per heavy atom. The van der Waals surface area contributed by atoms with Crippen LogP contribution in [0.1, 0.15) is 75.5 Å². The van der Waals surface area contributed by atoms with Crippen LogP contribution in [0, 0.1) is 6.92 Å². The Hall–Kier alpha value is -2.57. The zero-order valence-corrected chi connectivity index (χ0v) is 18.8. The second-order valence-electron chi connectivity index (χ2n) is 8.98. The number of piperidine rings is 1. The van der Waals surface area contributed by atoms with Crippen molar-refractivity contribution in [2.45, 2.75) is 83.3 Å². The van der Waals surface area contributed by atoms with Crippen molar-refractivity contribution in [3.05, 3.63) is 35.4 Å². The zero-order valence-electron chi connectivity index (χ0n) is 18.8. The van der Waals surface area contributed by atoms with E-state index in [9.17, 15) is 14.4 Å². The van der Waals surface area contributed by atoms with Crippen molar-refractivity contribution in [2.24, 2.45) is 0 Å². The number of nitrogens with one attached hydrogen (secondary N) is 3. The number of carbonyl (C=O) groups excluding carboxylic acids is 3. The van der Waals surface area contributed by atoms with E-state index < -0.39 is 0 Å². The molecule has 1 aromatic carbocycles. The highest BCUT2D eigenvalue weighted by Crippen LogP contribution is 2.21. The second kappa shape index (κ2) is 11.2. The summed E-state index contributed by atoms with van der Waals surface area (Å²) in [7, 11) is 0. The minimum absolute atomic E-state index is 0.0319. The molecule has 1 atom stereocenters. The standard InChI is InChI=1S/C24H36N4O3/c1-17-8-10-19(11-9-17)22(25-18(2)29)16-23(30)28-14-12-21(13-15-28)27-24(31)26-20-6-4-3-5-7-20/h8-11,20-22H,3-7,12-16H2,1-2H3,(H,25,29)(H2,26,27,31). The number of hydrogen-bond donors (Lipinski definition) is 3. The van der Waals surface area contributed by atoms with Crippen molar-refractivity contribution in [2.75, 3.05) is 13.1 Å². The SMILES string of the molecule is CC(=O)NC(CC(=O)N1CCC(NC(=O)NC2CCCCC2)CC1)c1ccc(C)cc1. The Kier molecular flexibility index (Phi) is 8.32. The average molecular weight is 429 g/mol. The van der Waals surface area contributed by atoms with Gasteiger partial charge in [-0.15, -0.1) is 0 Å². The van der Waals surface area contributed by atoms with E-state index in [1.165, 1.54) is 26.2 Å². The van der Waals surface area contributed by atoms with Gasteiger partial charge in [-0.05, 0) is 38.2 Å². The molecule has 1 unspecified atom stereocenters. The summed E-state index contributed by atoms with van der Waals surface area (Å²) in [6.45, 7) is 4.72. The van der Waals surface area contributed by atoms with Crippen LogP contribution in [0.5, 0.6) is 0 Å². The second-order valence-corrected chi connectivity index (χ2v) is 8.98. The predicted molar refractivity (Wildman–Crippen MR) is 120 cm³/mol. The number of carbonyl (C=O) groups is 3. The number of likely N-dealkylation sites (tertiary alicyclic amines) is 1. The van der Waals surface area contributed by atoms with Crippen LogP contribution in [-0.2, 0) is 9.59 Å². The summed E-state index contributed by atoms with van der Waals surface area (Å²) in [5.74, 6) is -0.116. The Bertz CT molecular complexity index is 751. The highest BCUT2D eigenvalue weighted by molar-refractivity contribution is 5.79. The Balaban J connectivity index is 1.46. The van der Waals surface area contributed by atoms with Gasteiger partial charge in [0.15, 0.2) is 0 Å². The molecule has 4 amide bonds. The third-order valence-corrected chi connectivity index (χ3v) is 6.36. The first-order chi connectivity index (χ1) is 14.9. The molecule has 1 saturated heterocycles. The van der Waals surface area contributed by atoms with Crippen LogP contribution in [0.4, 0.5) is 4.79 Å². The van der Waals surface area contributed by atoms with Crippen LogP contribution in [0.2, 0.25) is 0 Å². The van der Waals surface area contributed by atoms with Gasteiger partial charge in [-0.3, -0.25) is 9.59 Å². The fraction of sp³-hybridized carbons (Fsp3) is 0.625. The molecule has 0 spiro atoms. The fourth-order valence-electron chi connectivity index (χ4n) is 4.53. The summed E-state index contributed by atoms with van der Waals surface area (Å²) in [6, 6.07) is 7.88. The number of hydrogen-bond acceptors (Lipinski definition) is 3. The molecular weight excluding hydrogens is 392 g/mol. The maximum absolute atomic E-state index is 12.9. The molecule has 170 valence electrons. The van der Waals surface area contributed by atoms with Gasteiger partial charge in [0.25, 0.3) is 0 Å². The van der Waals surface area contributed by atoms with E-state index in [0.29, 0.717) is 19.1 Å². The number of benzene rings is 1. The first-order valence-corrected chi connectivity index (χ1v) is 11.6. The van der Waals surface area contributed by atoms with Gasteiger partial charge < -0.3 is 20.9 Å². The number of urea groups is 1. The largest absolute Gasteiger partial charge is 0.349 e. The summed E-state index contributed by atoms with van der Waals surface area (Å²) < 4.78 is 0. The summed E-state index contributed by atoms with van der Waals surface area (Å²) >= 11 is 0. The minimum Gasteiger partial charge on any atom is -0.349 e. The van der Waals surface area contributed by atoms with Gasteiger partial charge >= 0.3 is 6.03 Å². The Morgan fingerprint density at radius 2 is 1.52 bits per heavy atom. The van der Waals surface area contributed by atoms with Crippen molar-refractivity contribution in [3.8, 4) is 0 Å². The lowest BCUT2D eigenvalue weighted by molar-refractivity contribution is -0.133. The van der Waals surface area contributed by atoms with Gasteiger partial charge in [0, 0.05) is 32.1 Å². The van der Waals surface area contributed by atoms with E-state index in [4.69, 9.17) is 0 Å². The zero-order chi connectivity index (χ0) is 22.2. The van der Waals surface area contributed by atoms with Crippen LogP contribution in [-0.4, -0.2) is 47.9 Å². The smallest absolute Gasteiger partial charge is 0.315 e. The van der Waals surface area contributed by atoms with E-state index in [2.05, 4.69) is 16.0 Å². The molecule has 1 aromatic rings. The van der Waals surface area contributed by atoms with E-state index in [1.54, 1.807) is 0 Å². The molecule has 2 aliphatic rings. The predicted octanol–water partition coefficient (Wildman–Crippen LogP) is 3.19. The summed E-state index contributed by atoms with van der Waals surface area (Å²) in [5.41, 5.74) is 2.07. The Labute approximate surface area is 185 Å². The summed E-state index contributed by atoms with van der Waals surface area (Å²) in [4.78, 5) is 38.7. The normalized spacial score (nSPS) is 18.8. The molecule has 0 aromatic heterocycles. The fourth-order valence-corrected chi connectivity index (χ4v) is 4.53. The molecule has 1 heterocycles. The maximum atomic E-state index is 12.9. The van der Waals surface area contributed by atoms with Gasteiger partial charge in [-0.25, -0.2) is 4.79 Å². The molecular formula is C24H36N4O3. The molecule has 0 radical (unpaired) electrons. The van der Waals surface area contributed by atoms with Gasteiger partial charge in [0.1, 0.15) is 0 Å². The lowest BCUT2D eigenvalue weighted by atomic mass is 9.96. The Morgan fingerprint density at radius 1 is 0.935 bits per heavy atom. The quantitative estimate of drug-likeness (QED) is 0.650. The van der Waals surface area contributed by atoms with Crippen LogP contribution in [0.3, 0.4) is 0 Å². The minimum atomic E-state index is -0.331. The van der Waals surface area contributed by atoms with Crippen LogP contribution in [0.15, 0.2) is 24.3 Å². The summed E-state index contributed by atoms with van der Waals surface area (Å²) in [6.07, 6.45) is 7.51. The third-order valence-electron chi connectivity index (χ3n) is 6.36. The monoisotopic (exact) mass is 428 g/mol. The van der Waals surface area contributed by atoms with E-state index in [-0.39, 0.29) is 36.3 Å². The molecule has 3 rings (SSSR count). The number of nitrogens with zero attached hydrogens (tertiary/aromatic N) is 1. The van der Waals surface area contributed by atoms with Crippen LogP contribution >= 0.6 is 0 Å². The molecule has 3 N–H and O–H groups in total. The molecule has 1 aliphatic heterocycles. The number of rotatable bonds is 6. The van der Waals surface area contributed by atoms with Crippen molar-refractivity contribution >= 4 is 17.8 Å². The van der Waals surface area contributed by atoms with Crippen LogP contribution in [0.25, 0.3) is 0 Å². The maximum Gasteiger partial charge on any atom is 0.315 e.